The predicted molar refractivity (Wildman–Crippen MR) is 145 cm³/mol. The Morgan fingerprint density at radius 3 is 2.18 bits per heavy atom. The average molecular weight is 509 g/mol. The number of amides is 2. The second kappa shape index (κ2) is 8.79. The summed E-state index contributed by atoms with van der Waals surface area (Å²) in [4.78, 5) is 33.9. The number of imidazole rings is 1. The number of aromatic amines is 1. The number of carbonyl (C=O) groups excluding carboxylic acids is 2. The van der Waals surface area contributed by atoms with Crippen molar-refractivity contribution in [2.75, 3.05) is 10.6 Å². The van der Waals surface area contributed by atoms with Gasteiger partial charge < -0.3 is 15.6 Å². The maximum Gasteiger partial charge on any atom is 0.258 e. The van der Waals surface area contributed by atoms with E-state index in [0.717, 1.165) is 59.3 Å². The van der Waals surface area contributed by atoms with Crippen LogP contribution in [0.25, 0.3) is 22.4 Å². The van der Waals surface area contributed by atoms with Gasteiger partial charge in [0.25, 0.3) is 5.91 Å². The fourth-order valence-corrected chi connectivity index (χ4v) is 7.43. The van der Waals surface area contributed by atoms with Crippen molar-refractivity contribution in [1.82, 2.24) is 9.97 Å². The standard InChI is InChI=1S/C31H29FN4O2/c32-25-4-2-1-3-24(25)29(37)33-22-7-5-21(6-8-22)28-35-26-10-9-23(14-27(26)36-28)34-30(38)31-15-18-11-19(16-31)13-20(12-18)17-31/h1-10,14,18-20H,11-13,15-17H2,(H,33,37)(H,34,38)(H,35,36). The molecule has 6 nitrogen and oxygen atoms in total. The minimum atomic E-state index is -0.558. The molecule has 4 aromatic rings. The fraction of sp³-hybridized carbons (Fsp3) is 0.323. The summed E-state index contributed by atoms with van der Waals surface area (Å²) < 4.78 is 13.9. The topological polar surface area (TPSA) is 86.9 Å². The molecule has 0 saturated heterocycles. The molecule has 4 fully saturated rings. The van der Waals surface area contributed by atoms with E-state index in [1.807, 2.05) is 30.3 Å². The van der Waals surface area contributed by atoms with Gasteiger partial charge in [-0.25, -0.2) is 9.37 Å². The second-order valence-corrected chi connectivity index (χ2v) is 11.5. The van der Waals surface area contributed by atoms with E-state index in [1.165, 1.54) is 31.4 Å². The van der Waals surface area contributed by atoms with Gasteiger partial charge in [-0.05, 0) is 111 Å². The van der Waals surface area contributed by atoms with Crippen molar-refractivity contribution >= 4 is 34.2 Å². The van der Waals surface area contributed by atoms with Gasteiger partial charge in [0.15, 0.2) is 0 Å². The van der Waals surface area contributed by atoms with Crippen molar-refractivity contribution in [3.63, 3.8) is 0 Å². The van der Waals surface area contributed by atoms with Gasteiger partial charge in [-0.15, -0.1) is 0 Å². The summed E-state index contributed by atoms with van der Waals surface area (Å²) in [5, 5.41) is 5.96. The van der Waals surface area contributed by atoms with Crippen molar-refractivity contribution < 1.29 is 14.0 Å². The minimum absolute atomic E-state index is 0.0000479. The van der Waals surface area contributed by atoms with Gasteiger partial charge in [0.2, 0.25) is 5.91 Å². The zero-order chi connectivity index (χ0) is 25.9. The van der Waals surface area contributed by atoms with Crippen LogP contribution in [0.4, 0.5) is 15.8 Å². The lowest BCUT2D eigenvalue weighted by atomic mass is 9.49. The first-order valence-electron chi connectivity index (χ1n) is 13.4. The average Bonchev–Trinajstić information content (AvgIpc) is 3.32. The van der Waals surface area contributed by atoms with Gasteiger partial charge in [-0.1, -0.05) is 12.1 Å². The Hall–Kier alpha value is -4.00. The molecule has 4 bridgehead atoms. The zero-order valence-corrected chi connectivity index (χ0v) is 21.0. The summed E-state index contributed by atoms with van der Waals surface area (Å²) in [6.07, 6.45) is 7.06. The largest absolute Gasteiger partial charge is 0.338 e. The molecule has 0 spiro atoms. The van der Waals surface area contributed by atoms with E-state index in [9.17, 15) is 14.0 Å². The molecule has 0 atom stereocenters. The third-order valence-corrected chi connectivity index (χ3v) is 8.79. The molecule has 2 amide bonds. The summed E-state index contributed by atoms with van der Waals surface area (Å²) in [5.74, 6) is 2.00. The number of halogens is 1. The highest BCUT2D eigenvalue weighted by Gasteiger charge is 2.54. The summed E-state index contributed by atoms with van der Waals surface area (Å²) in [7, 11) is 0. The predicted octanol–water partition coefficient (Wildman–Crippen LogP) is 6.78. The van der Waals surface area contributed by atoms with E-state index >= 15 is 0 Å². The van der Waals surface area contributed by atoms with Crippen molar-refractivity contribution in [3.8, 4) is 11.4 Å². The first-order chi connectivity index (χ1) is 18.4. The van der Waals surface area contributed by atoms with Gasteiger partial charge in [-0.3, -0.25) is 9.59 Å². The molecular formula is C31H29FN4O2. The van der Waals surface area contributed by atoms with Crippen LogP contribution in [0.2, 0.25) is 0 Å². The van der Waals surface area contributed by atoms with Gasteiger partial charge >= 0.3 is 0 Å². The van der Waals surface area contributed by atoms with Crippen LogP contribution in [0.5, 0.6) is 0 Å². The highest BCUT2D eigenvalue weighted by Crippen LogP contribution is 2.60. The third kappa shape index (κ3) is 4.06. The Bertz CT molecular complexity index is 1520. The Balaban J connectivity index is 1.06. The molecule has 192 valence electrons. The SMILES string of the molecule is O=C(Nc1ccc(-c2nc3ccc(NC(=O)C45CC6CC(CC(C6)C4)C5)cc3[nH]2)cc1)c1ccccc1F. The number of hydrogen-bond acceptors (Lipinski definition) is 3. The lowest BCUT2D eigenvalue weighted by Crippen LogP contribution is -2.51. The second-order valence-electron chi connectivity index (χ2n) is 11.5. The molecule has 1 heterocycles. The first-order valence-corrected chi connectivity index (χ1v) is 13.4. The number of nitrogens with one attached hydrogen (secondary N) is 3. The van der Waals surface area contributed by atoms with Crippen molar-refractivity contribution in [2.24, 2.45) is 23.2 Å². The first kappa shape index (κ1) is 23.1. The Labute approximate surface area is 220 Å². The molecule has 7 heteroatoms. The van der Waals surface area contributed by atoms with Crippen molar-refractivity contribution in [1.29, 1.82) is 0 Å². The van der Waals surface area contributed by atoms with E-state index in [1.54, 1.807) is 24.3 Å². The van der Waals surface area contributed by atoms with E-state index in [2.05, 4.69) is 15.6 Å². The van der Waals surface area contributed by atoms with Crippen LogP contribution < -0.4 is 10.6 Å². The van der Waals surface area contributed by atoms with Crippen LogP contribution >= 0.6 is 0 Å². The molecular weight excluding hydrogens is 479 g/mol. The van der Waals surface area contributed by atoms with Crippen molar-refractivity contribution in [3.05, 3.63) is 78.1 Å². The zero-order valence-electron chi connectivity index (χ0n) is 21.0. The van der Waals surface area contributed by atoms with Gasteiger partial charge in [0.05, 0.1) is 22.0 Å². The maximum atomic E-state index is 13.9. The fourth-order valence-electron chi connectivity index (χ4n) is 7.43. The minimum Gasteiger partial charge on any atom is -0.338 e. The number of H-pyrrole nitrogens is 1. The number of benzene rings is 3. The number of nitrogens with zero attached hydrogens (tertiary/aromatic N) is 1. The smallest absolute Gasteiger partial charge is 0.258 e. The third-order valence-electron chi connectivity index (χ3n) is 8.79. The van der Waals surface area contributed by atoms with Crippen LogP contribution in [-0.2, 0) is 4.79 Å². The maximum absolute atomic E-state index is 13.9. The lowest BCUT2D eigenvalue weighted by molar-refractivity contribution is -0.140. The molecule has 4 saturated carbocycles. The number of carbonyl (C=O) groups is 2. The molecule has 0 unspecified atom stereocenters. The van der Waals surface area contributed by atoms with Gasteiger partial charge in [0.1, 0.15) is 11.6 Å². The number of aromatic nitrogens is 2. The van der Waals surface area contributed by atoms with Crippen LogP contribution in [0.15, 0.2) is 66.7 Å². The quantitative estimate of drug-likeness (QED) is 0.278. The molecule has 3 N–H and O–H groups in total. The molecule has 4 aliphatic carbocycles. The summed E-state index contributed by atoms with van der Waals surface area (Å²) in [6.45, 7) is 0. The van der Waals surface area contributed by atoms with Crippen LogP contribution in [0.3, 0.4) is 0 Å². The Morgan fingerprint density at radius 2 is 1.50 bits per heavy atom. The molecule has 1 aromatic heterocycles. The number of rotatable bonds is 5. The Kier molecular flexibility index (Phi) is 5.35. The van der Waals surface area contributed by atoms with Crippen molar-refractivity contribution in [2.45, 2.75) is 38.5 Å². The van der Waals surface area contributed by atoms with E-state index < -0.39 is 11.7 Å². The van der Waals surface area contributed by atoms with E-state index in [4.69, 9.17) is 4.98 Å². The van der Waals surface area contributed by atoms with E-state index in [-0.39, 0.29) is 16.9 Å². The summed E-state index contributed by atoms with van der Waals surface area (Å²) in [6, 6.07) is 18.9. The highest BCUT2D eigenvalue weighted by atomic mass is 19.1. The Morgan fingerprint density at radius 1 is 0.842 bits per heavy atom. The monoisotopic (exact) mass is 508 g/mol. The normalized spacial score (nSPS) is 25.4. The highest BCUT2D eigenvalue weighted by molar-refractivity contribution is 6.04. The lowest BCUT2D eigenvalue weighted by Gasteiger charge is -2.55. The molecule has 0 radical (unpaired) electrons. The summed E-state index contributed by atoms with van der Waals surface area (Å²) >= 11 is 0. The number of fused-ring (bicyclic) bond motifs is 1. The number of anilines is 2. The van der Waals surface area contributed by atoms with Crippen LogP contribution in [0.1, 0.15) is 48.9 Å². The molecule has 38 heavy (non-hydrogen) atoms. The van der Waals surface area contributed by atoms with Gasteiger partial charge in [-0.2, -0.15) is 0 Å². The van der Waals surface area contributed by atoms with Crippen LogP contribution in [-0.4, -0.2) is 21.8 Å². The van der Waals surface area contributed by atoms with E-state index in [0.29, 0.717) is 11.5 Å². The van der Waals surface area contributed by atoms with Crippen LogP contribution in [0, 0.1) is 29.0 Å². The molecule has 8 rings (SSSR count). The molecule has 3 aromatic carbocycles. The number of hydrogen-bond donors (Lipinski definition) is 3. The summed E-state index contributed by atoms with van der Waals surface area (Å²) in [5.41, 5.74) is 3.67. The van der Waals surface area contributed by atoms with Gasteiger partial charge in [0, 0.05) is 16.9 Å². The molecule has 0 aliphatic heterocycles. The molecule has 4 aliphatic rings.